The highest BCUT2D eigenvalue weighted by atomic mass is 16.1. The Morgan fingerprint density at radius 1 is 1.09 bits per heavy atom. The second-order valence-corrected chi connectivity index (χ2v) is 12.3. The van der Waals surface area contributed by atoms with Crippen molar-refractivity contribution in [2.45, 2.75) is 125 Å². The molecule has 0 aromatic heterocycles. The Kier molecular flexibility index (Phi) is 10.9. The lowest BCUT2D eigenvalue weighted by atomic mass is 9.70. The molecule has 2 rings (SSSR count). The molecule has 1 aromatic rings. The Balaban J connectivity index is 2.22. The largest absolute Gasteiger partial charge is 0.300 e. The van der Waals surface area contributed by atoms with Crippen LogP contribution in [0, 0.1) is 30.6 Å². The Bertz CT molecular complexity index is 892. The summed E-state index contributed by atoms with van der Waals surface area (Å²) < 4.78 is 0. The van der Waals surface area contributed by atoms with Gasteiger partial charge in [-0.05, 0) is 79.4 Å². The fourth-order valence-corrected chi connectivity index (χ4v) is 6.54. The van der Waals surface area contributed by atoms with Crippen molar-refractivity contribution < 1.29 is 14.4 Å². The van der Waals surface area contributed by atoms with E-state index in [2.05, 4.69) is 60.6 Å². The molecule has 1 aliphatic rings. The van der Waals surface area contributed by atoms with Gasteiger partial charge in [-0.25, -0.2) is 0 Å². The van der Waals surface area contributed by atoms with Crippen LogP contribution < -0.4 is 0 Å². The molecule has 35 heavy (non-hydrogen) atoms. The first kappa shape index (κ1) is 29.5. The van der Waals surface area contributed by atoms with Gasteiger partial charge in [0.15, 0.2) is 5.78 Å². The summed E-state index contributed by atoms with van der Waals surface area (Å²) in [7, 11) is 0. The van der Waals surface area contributed by atoms with E-state index in [9.17, 15) is 14.4 Å². The summed E-state index contributed by atoms with van der Waals surface area (Å²) in [6, 6.07) is 4.48. The zero-order chi connectivity index (χ0) is 26.3. The van der Waals surface area contributed by atoms with E-state index in [1.807, 2.05) is 0 Å². The second-order valence-electron chi connectivity index (χ2n) is 12.3. The van der Waals surface area contributed by atoms with Crippen molar-refractivity contribution in [2.75, 3.05) is 0 Å². The molecule has 1 aromatic carbocycles. The molecule has 196 valence electrons. The molecular weight excluding hydrogens is 432 g/mol. The van der Waals surface area contributed by atoms with Gasteiger partial charge in [0.1, 0.15) is 11.6 Å². The summed E-state index contributed by atoms with van der Waals surface area (Å²) >= 11 is 0. The van der Waals surface area contributed by atoms with E-state index >= 15 is 0 Å². The molecule has 3 nitrogen and oxygen atoms in total. The third-order valence-electron chi connectivity index (χ3n) is 8.27. The van der Waals surface area contributed by atoms with E-state index < -0.39 is 0 Å². The first-order valence-electron chi connectivity index (χ1n) is 14.1. The molecule has 0 heterocycles. The third kappa shape index (κ3) is 7.86. The number of benzene rings is 1. The fraction of sp³-hybridized carbons (Fsp3) is 0.719. The molecule has 0 radical (unpaired) electrons. The average molecular weight is 483 g/mol. The van der Waals surface area contributed by atoms with Crippen LogP contribution in [0.3, 0.4) is 0 Å². The summed E-state index contributed by atoms with van der Waals surface area (Å²) in [5.74, 6) is 1.46. The molecule has 3 heteroatoms. The van der Waals surface area contributed by atoms with Gasteiger partial charge in [0.2, 0.25) is 0 Å². The number of Topliss-reactive ketones (excluding diaryl/α,β-unsaturated/α-hetero) is 3. The molecule has 0 amide bonds. The van der Waals surface area contributed by atoms with E-state index in [1.54, 1.807) is 0 Å². The van der Waals surface area contributed by atoms with Gasteiger partial charge < -0.3 is 0 Å². The quantitative estimate of drug-likeness (QED) is 0.251. The summed E-state index contributed by atoms with van der Waals surface area (Å²) in [6.45, 7) is 17.0. The first-order chi connectivity index (χ1) is 16.4. The lowest BCUT2D eigenvalue weighted by molar-refractivity contribution is -0.129. The number of rotatable bonds is 14. The van der Waals surface area contributed by atoms with Crippen LogP contribution in [0.2, 0.25) is 0 Å². The zero-order valence-electron chi connectivity index (χ0n) is 23.8. The average Bonchev–Trinajstić information content (AvgIpc) is 2.73. The number of carbonyl (C=O) groups is 3. The van der Waals surface area contributed by atoms with Crippen molar-refractivity contribution in [2.24, 2.45) is 23.7 Å². The van der Waals surface area contributed by atoms with Crippen LogP contribution in [-0.4, -0.2) is 17.3 Å². The van der Waals surface area contributed by atoms with Gasteiger partial charge in [-0.3, -0.25) is 14.4 Å². The van der Waals surface area contributed by atoms with Gasteiger partial charge in [-0.2, -0.15) is 0 Å². The number of hydrogen-bond acceptors (Lipinski definition) is 3. The lowest BCUT2D eigenvalue weighted by Gasteiger charge is -2.34. The number of hydrogen-bond donors (Lipinski definition) is 0. The minimum absolute atomic E-state index is 0.0417. The van der Waals surface area contributed by atoms with Gasteiger partial charge in [-0.1, -0.05) is 79.4 Å². The standard InChI is InChI=1S/C32H50O3/c1-9-12-25(27(10-2)29(34)17-22(5)33)18-24-19-26-14-15-28(23(6)31(26)30(35)20-24)32(7,8)16-11-13-21(3)4/h14-15,21,24-25,27H,9-13,16-20H2,1-8H3. The molecule has 0 fully saturated rings. The Hall–Kier alpha value is -1.77. The molecule has 0 saturated heterocycles. The van der Waals surface area contributed by atoms with Crippen LogP contribution in [0.4, 0.5) is 0 Å². The van der Waals surface area contributed by atoms with Crippen molar-refractivity contribution in [3.8, 4) is 0 Å². The van der Waals surface area contributed by atoms with E-state index in [0.717, 1.165) is 50.0 Å². The highest BCUT2D eigenvalue weighted by Gasteiger charge is 2.34. The second kappa shape index (κ2) is 13.0. The lowest BCUT2D eigenvalue weighted by Crippen LogP contribution is -2.30. The van der Waals surface area contributed by atoms with Gasteiger partial charge >= 0.3 is 0 Å². The minimum atomic E-state index is -0.0777. The van der Waals surface area contributed by atoms with E-state index in [0.29, 0.717) is 6.42 Å². The summed E-state index contributed by atoms with van der Waals surface area (Å²) in [6.07, 6.45) is 8.74. The Labute approximate surface area is 214 Å². The van der Waals surface area contributed by atoms with E-state index in [1.165, 1.54) is 36.5 Å². The van der Waals surface area contributed by atoms with Crippen LogP contribution in [0.1, 0.15) is 133 Å². The van der Waals surface area contributed by atoms with Crippen molar-refractivity contribution in [1.29, 1.82) is 0 Å². The SMILES string of the molecule is CCCC(CC1CC(=O)c2c(ccc(C(C)(C)CCCC(C)C)c2C)C1)C(CC)C(=O)CC(C)=O. The minimum Gasteiger partial charge on any atom is -0.300 e. The van der Waals surface area contributed by atoms with E-state index in [-0.39, 0.29) is 46.9 Å². The Morgan fingerprint density at radius 3 is 2.34 bits per heavy atom. The maximum atomic E-state index is 13.4. The molecule has 0 aliphatic heterocycles. The monoisotopic (exact) mass is 482 g/mol. The van der Waals surface area contributed by atoms with Crippen LogP contribution in [0.15, 0.2) is 12.1 Å². The van der Waals surface area contributed by atoms with Gasteiger partial charge in [0, 0.05) is 17.9 Å². The maximum Gasteiger partial charge on any atom is 0.163 e. The highest BCUT2D eigenvalue weighted by Crippen LogP contribution is 2.40. The molecule has 3 atom stereocenters. The smallest absolute Gasteiger partial charge is 0.163 e. The third-order valence-corrected chi connectivity index (χ3v) is 8.27. The summed E-state index contributed by atoms with van der Waals surface area (Å²) in [4.78, 5) is 37.8. The van der Waals surface area contributed by atoms with Crippen LogP contribution in [-0.2, 0) is 21.4 Å². The fourth-order valence-electron chi connectivity index (χ4n) is 6.54. The molecule has 0 spiro atoms. The Morgan fingerprint density at radius 2 is 1.77 bits per heavy atom. The topological polar surface area (TPSA) is 51.2 Å². The van der Waals surface area contributed by atoms with Crippen LogP contribution in [0.5, 0.6) is 0 Å². The van der Waals surface area contributed by atoms with Crippen LogP contribution in [0.25, 0.3) is 0 Å². The predicted molar refractivity (Wildman–Crippen MR) is 146 cm³/mol. The zero-order valence-corrected chi connectivity index (χ0v) is 23.8. The molecule has 0 saturated carbocycles. The van der Waals surface area contributed by atoms with E-state index in [4.69, 9.17) is 0 Å². The first-order valence-corrected chi connectivity index (χ1v) is 14.1. The molecular formula is C32H50O3. The summed E-state index contributed by atoms with van der Waals surface area (Å²) in [5.41, 5.74) is 4.69. The molecule has 3 unspecified atom stereocenters. The van der Waals surface area contributed by atoms with Gasteiger partial charge in [0.05, 0.1) is 6.42 Å². The molecule has 0 bridgehead atoms. The number of ketones is 3. The normalized spacial score (nSPS) is 17.9. The number of fused-ring (bicyclic) bond motifs is 1. The van der Waals surface area contributed by atoms with Gasteiger partial charge in [0.25, 0.3) is 0 Å². The van der Waals surface area contributed by atoms with Crippen molar-refractivity contribution >= 4 is 17.3 Å². The molecule has 0 N–H and O–H groups in total. The number of carbonyl (C=O) groups excluding carboxylic acids is 3. The van der Waals surface area contributed by atoms with Crippen molar-refractivity contribution in [3.63, 3.8) is 0 Å². The highest BCUT2D eigenvalue weighted by molar-refractivity contribution is 6.00. The summed E-state index contributed by atoms with van der Waals surface area (Å²) in [5, 5.41) is 0. The van der Waals surface area contributed by atoms with Crippen molar-refractivity contribution in [3.05, 3.63) is 34.4 Å². The van der Waals surface area contributed by atoms with Crippen molar-refractivity contribution in [1.82, 2.24) is 0 Å². The van der Waals surface area contributed by atoms with Crippen LogP contribution >= 0.6 is 0 Å². The maximum absolute atomic E-state index is 13.4. The predicted octanol–water partition coefficient (Wildman–Crippen LogP) is 8.22. The molecule has 1 aliphatic carbocycles. The van der Waals surface area contributed by atoms with Gasteiger partial charge in [-0.15, -0.1) is 0 Å².